The molecule has 21 heavy (non-hydrogen) atoms. The van der Waals surface area contributed by atoms with Gasteiger partial charge in [0.15, 0.2) is 5.82 Å². The molecule has 4 heteroatoms. The number of anilines is 1. The van der Waals surface area contributed by atoms with E-state index >= 15 is 0 Å². The van der Waals surface area contributed by atoms with Crippen LogP contribution in [0.5, 0.6) is 0 Å². The molecule has 0 amide bonds. The van der Waals surface area contributed by atoms with E-state index in [4.69, 9.17) is 0 Å². The fourth-order valence-electron chi connectivity index (χ4n) is 2.21. The molecule has 2 aromatic carbocycles. The third-order valence-electron chi connectivity index (χ3n) is 3.21. The fraction of sp³-hybridized carbons (Fsp3) is 0.118. The van der Waals surface area contributed by atoms with E-state index in [1.165, 1.54) is 12.1 Å². The van der Waals surface area contributed by atoms with Gasteiger partial charge in [-0.3, -0.25) is 0 Å². The molecule has 0 saturated heterocycles. The van der Waals surface area contributed by atoms with Gasteiger partial charge in [0.2, 0.25) is 0 Å². The Morgan fingerprint density at radius 1 is 1.10 bits per heavy atom. The molecule has 1 radical (unpaired) electrons. The lowest BCUT2D eigenvalue weighted by molar-refractivity contribution is 0.628. The van der Waals surface area contributed by atoms with Gasteiger partial charge in [-0.25, -0.2) is 14.4 Å². The third-order valence-corrected chi connectivity index (χ3v) is 3.21. The molecule has 0 atom stereocenters. The molecule has 0 aliphatic heterocycles. The molecule has 0 saturated carbocycles. The number of benzene rings is 2. The van der Waals surface area contributed by atoms with Crippen LogP contribution in [0.1, 0.15) is 12.5 Å². The molecule has 1 heterocycles. The van der Waals surface area contributed by atoms with Crippen molar-refractivity contribution in [2.75, 3.05) is 11.9 Å². The van der Waals surface area contributed by atoms with Crippen molar-refractivity contribution in [1.82, 2.24) is 9.97 Å². The van der Waals surface area contributed by atoms with Crippen LogP contribution in [-0.4, -0.2) is 16.5 Å². The number of fused-ring (bicyclic) bond motifs is 1. The van der Waals surface area contributed by atoms with Gasteiger partial charge in [0, 0.05) is 17.5 Å². The molecule has 0 spiro atoms. The molecule has 0 unspecified atom stereocenters. The highest BCUT2D eigenvalue weighted by atomic mass is 19.1. The Bertz CT molecular complexity index is 782. The zero-order chi connectivity index (χ0) is 14.8. The van der Waals surface area contributed by atoms with Gasteiger partial charge in [-0.05, 0) is 55.8 Å². The number of nitrogens with zero attached hydrogens (tertiary/aromatic N) is 2. The summed E-state index contributed by atoms with van der Waals surface area (Å²) in [5.74, 6) is 1.08. The Hall–Kier alpha value is -2.49. The van der Waals surface area contributed by atoms with Crippen LogP contribution in [0.25, 0.3) is 22.3 Å². The summed E-state index contributed by atoms with van der Waals surface area (Å²) in [6.45, 7) is 6.71. The number of hydrogen-bond acceptors (Lipinski definition) is 3. The summed E-state index contributed by atoms with van der Waals surface area (Å²) in [6.07, 6.45) is 0. The maximum absolute atomic E-state index is 13.0. The van der Waals surface area contributed by atoms with Gasteiger partial charge < -0.3 is 5.32 Å². The van der Waals surface area contributed by atoms with Crippen molar-refractivity contribution in [2.24, 2.45) is 0 Å². The molecular formula is C17H15FN3. The molecular weight excluding hydrogens is 265 g/mol. The van der Waals surface area contributed by atoms with Gasteiger partial charge in [-0.1, -0.05) is 6.07 Å². The van der Waals surface area contributed by atoms with Crippen molar-refractivity contribution in [3.8, 4) is 11.4 Å². The summed E-state index contributed by atoms with van der Waals surface area (Å²) in [5, 5.41) is 4.20. The highest BCUT2D eigenvalue weighted by Crippen LogP contribution is 2.25. The first-order chi connectivity index (χ1) is 10.2. The minimum atomic E-state index is -0.272. The first-order valence-electron chi connectivity index (χ1n) is 6.81. The average Bonchev–Trinajstić information content (AvgIpc) is 2.47. The van der Waals surface area contributed by atoms with Crippen molar-refractivity contribution in [1.29, 1.82) is 0 Å². The number of aromatic nitrogens is 2. The highest BCUT2D eigenvalue weighted by molar-refractivity contribution is 5.91. The van der Waals surface area contributed by atoms with E-state index in [1.807, 2.05) is 25.1 Å². The van der Waals surface area contributed by atoms with Gasteiger partial charge in [-0.2, -0.15) is 0 Å². The lowest BCUT2D eigenvalue weighted by Gasteiger charge is -2.10. The summed E-state index contributed by atoms with van der Waals surface area (Å²) in [6, 6.07) is 12.0. The summed E-state index contributed by atoms with van der Waals surface area (Å²) < 4.78 is 13.0. The SMILES string of the molecule is [CH2]c1ccc2c(NCC)nc(-c3ccc(F)cc3)nc2c1. The van der Waals surface area contributed by atoms with Crippen molar-refractivity contribution < 1.29 is 4.39 Å². The predicted octanol–water partition coefficient (Wildman–Crippen LogP) is 4.05. The lowest BCUT2D eigenvalue weighted by Crippen LogP contribution is -2.03. The monoisotopic (exact) mass is 280 g/mol. The third kappa shape index (κ3) is 2.70. The summed E-state index contributed by atoms with van der Waals surface area (Å²) >= 11 is 0. The number of halogens is 1. The number of hydrogen-bond donors (Lipinski definition) is 1. The predicted molar refractivity (Wildman–Crippen MR) is 83.6 cm³/mol. The molecule has 0 aliphatic rings. The van der Waals surface area contributed by atoms with Gasteiger partial charge >= 0.3 is 0 Å². The largest absolute Gasteiger partial charge is 0.370 e. The van der Waals surface area contributed by atoms with Crippen LogP contribution >= 0.6 is 0 Å². The van der Waals surface area contributed by atoms with Gasteiger partial charge in [0.1, 0.15) is 11.6 Å². The molecule has 0 bridgehead atoms. The molecule has 3 nitrogen and oxygen atoms in total. The van der Waals surface area contributed by atoms with Crippen LogP contribution in [0.4, 0.5) is 10.2 Å². The Balaban J connectivity index is 2.21. The first-order valence-corrected chi connectivity index (χ1v) is 6.81. The quantitative estimate of drug-likeness (QED) is 0.786. The van der Waals surface area contributed by atoms with Crippen LogP contribution in [0.3, 0.4) is 0 Å². The molecule has 1 N–H and O–H groups in total. The molecule has 105 valence electrons. The number of rotatable bonds is 3. The van der Waals surface area contributed by atoms with Gasteiger partial charge in [-0.15, -0.1) is 0 Å². The zero-order valence-corrected chi connectivity index (χ0v) is 11.7. The maximum atomic E-state index is 13.0. The topological polar surface area (TPSA) is 37.8 Å². The molecule has 3 aromatic rings. The molecule has 0 fully saturated rings. The first kappa shape index (κ1) is 13.5. The van der Waals surface area contributed by atoms with Crippen molar-refractivity contribution in [3.05, 3.63) is 60.8 Å². The van der Waals surface area contributed by atoms with Gasteiger partial charge in [0.05, 0.1) is 5.52 Å². The standard InChI is InChI=1S/C17H15FN3/c1-3-19-17-14-9-4-11(2)10-15(14)20-16(21-17)12-5-7-13(18)8-6-12/h4-10H,2-3H2,1H3,(H,19,20,21). The second kappa shape index (κ2) is 5.48. The smallest absolute Gasteiger partial charge is 0.162 e. The van der Waals surface area contributed by atoms with E-state index in [0.29, 0.717) is 5.82 Å². The zero-order valence-electron chi connectivity index (χ0n) is 11.7. The van der Waals surface area contributed by atoms with Crippen LogP contribution in [0.2, 0.25) is 0 Å². The van der Waals surface area contributed by atoms with E-state index in [0.717, 1.165) is 34.4 Å². The Morgan fingerprint density at radius 2 is 1.86 bits per heavy atom. The molecule has 3 rings (SSSR count). The van der Waals surface area contributed by atoms with Crippen LogP contribution < -0.4 is 5.32 Å². The minimum Gasteiger partial charge on any atom is -0.370 e. The highest BCUT2D eigenvalue weighted by Gasteiger charge is 2.09. The van der Waals surface area contributed by atoms with E-state index in [1.54, 1.807) is 12.1 Å². The van der Waals surface area contributed by atoms with Crippen molar-refractivity contribution in [3.63, 3.8) is 0 Å². The summed E-state index contributed by atoms with van der Waals surface area (Å²) in [4.78, 5) is 9.12. The average molecular weight is 280 g/mol. The van der Waals surface area contributed by atoms with Crippen LogP contribution in [0.15, 0.2) is 42.5 Å². The van der Waals surface area contributed by atoms with Crippen LogP contribution in [0, 0.1) is 12.7 Å². The Kier molecular flexibility index (Phi) is 3.52. The van der Waals surface area contributed by atoms with Crippen LogP contribution in [-0.2, 0) is 0 Å². The van der Waals surface area contributed by atoms with Crippen molar-refractivity contribution >= 4 is 16.7 Å². The molecule has 0 aliphatic carbocycles. The van der Waals surface area contributed by atoms with E-state index in [2.05, 4.69) is 22.2 Å². The normalized spacial score (nSPS) is 10.8. The van der Waals surface area contributed by atoms with Gasteiger partial charge in [0.25, 0.3) is 0 Å². The lowest BCUT2D eigenvalue weighted by atomic mass is 10.1. The second-order valence-electron chi connectivity index (χ2n) is 4.78. The minimum absolute atomic E-state index is 0.272. The van der Waals surface area contributed by atoms with E-state index in [-0.39, 0.29) is 5.82 Å². The molecule has 1 aromatic heterocycles. The summed E-state index contributed by atoms with van der Waals surface area (Å²) in [5.41, 5.74) is 2.51. The Labute approximate surface area is 122 Å². The maximum Gasteiger partial charge on any atom is 0.162 e. The Morgan fingerprint density at radius 3 is 2.57 bits per heavy atom. The summed E-state index contributed by atoms with van der Waals surface area (Å²) in [7, 11) is 0. The number of nitrogens with one attached hydrogen (secondary N) is 1. The second-order valence-corrected chi connectivity index (χ2v) is 4.78. The van der Waals surface area contributed by atoms with E-state index in [9.17, 15) is 4.39 Å². The fourth-order valence-corrected chi connectivity index (χ4v) is 2.21. The van der Waals surface area contributed by atoms with Crippen molar-refractivity contribution in [2.45, 2.75) is 6.92 Å². The van der Waals surface area contributed by atoms with E-state index < -0.39 is 0 Å².